The van der Waals surface area contributed by atoms with E-state index in [-0.39, 0.29) is 41.0 Å². The van der Waals surface area contributed by atoms with Crippen LogP contribution in [0.4, 0.5) is 0 Å². The molecular formula is C17H18O5. The van der Waals surface area contributed by atoms with Gasteiger partial charge in [-0.15, -0.1) is 0 Å². The molecule has 0 saturated heterocycles. The van der Waals surface area contributed by atoms with Gasteiger partial charge in [0, 0.05) is 6.07 Å². The summed E-state index contributed by atoms with van der Waals surface area (Å²) in [5.41, 5.74) is 0.968. The van der Waals surface area contributed by atoms with Gasteiger partial charge in [-0.3, -0.25) is 4.79 Å². The van der Waals surface area contributed by atoms with Gasteiger partial charge in [-0.1, -0.05) is 26.0 Å². The normalized spacial score (nSPS) is 16.1. The summed E-state index contributed by atoms with van der Waals surface area (Å²) in [4.78, 5) is 12.4. The number of hydrogen-bond acceptors (Lipinski definition) is 5. The summed E-state index contributed by atoms with van der Waals surface area (Å²) in [6.07, 6.45) is 0. The molecule has 0 aliphatic carbocycles. The summed E-state index contributed by atoms with van der Waals surface area (Å²) in [6.45, 7) is 4.15. The molecule has 1 atom stereocenters. The number of rotatable bonds is 1. The molecule has 1 heterocycles. The molecule has 2 aromatic carbocycles. The van der Waals surface area contributed by atoms with Gasteiger partial charge < -0.3 is 20.1 Å². The summed E-state index contributed by atoms with van der Waals surface area (Å²) in [5, 5.41) is 28.2. The van der Waals surface area contributed by atoms with Gasteiger partial charge in [0.15, 0.2) is 17.3 Å². The smallest absolute Gasteiger partial charge is 0.177 e. The first kappa shape index (κ1) is 15.7. The van der Waals surface area contributed by atoms with Gasteiger partial charge in [0.25, 0.3) is 0 Å². The second-order valence-corrected chi connectivity index (χ2v) is 4.66. The predicted molar refractivity (Wildman–Crippen MR) is 81.8 cm³/mol. The maximum atomic E-state index is 12.4. The number of Topliss-reactive ketones (excluding diaryl/α,β-unsaturated/α-hetero) is 1. The number of fused-ring (bicyclic) bond motifs is 1. The summed E-state index contributed by atoms with van der Waals surface area (Å²) < 4.78 is 5.47. The minimum absolute atomic E-state index is 0.126. The minimum Gasteiger partial charge on any atom is -0.508 e. The van der Waals surface area contributed by atoms with Crippen molar-refractivity contribution in [1.29, 1.82) is 0 Å². The van der Waals surface area contributed by atoms with Crippen LogP contribution in [0.1, 0.15) is 35.7 Å². The average Bonchev–Trinajstić information content (AvgIpc) is 2.53. The number of hydrogen-bond donors (Lipinski definition) is 3. The number of aromatic hydroxyl groups is 3. The third-order valence-corrected chi connectivity index (χ3v) is 3.36. The zero-order valence-electron chi connectivity index (χ0n) is 12.4. The largest absolute Gasteiger partial charge is 0.508 e. The van der Waals surface area contributed by atoms with Gasteiger partial charge >= 0.3 is 0 Å². The fourth-order valence-electron chi connectivity index (χ4n) is 2.26. The molecule has 1 unspecified atom stereocenters. The van der Waals surface area contributed by atoms with E-state index in [9.17, 15) is 20.1 Å². The third-order valence-electron chi connectivity index (χ3n) is 3.36. The van der Waals surface area contributed by atoms with Crippen LogP contribution in [0.25, 0.3) is 0 Å². The van der Waals surface area contributed by atoms with Crippen LogP contribution < -0.4 is 4.74 Å². The Balaban J connectivity index is 0.000000847. The Kier molecular flexibility index (Phi) is 4.56. The molecule has 2 aromatic rings. The van der Waals surface area contributed by atoms with E-state index in [4.69, 9.17) is 4.74 Å². The van der Waals surface area contributed by atoms with Crippen molar-refractivity contribution < 1.29 is 24.9 Å². The van der Waals surface area contributed by atoms with E-state index in [0.29, 0.717) is 0 Å². The zero-order valence-corrected chi connectivity index (χ0v) is 12.4. The number of phenols is 3. The van der Waals surface area contributed by atoms with Gasteiger partial charge in [-0.05, 0) is 23.8 Å². The molecule has 0 aromatic heterocycles. The predicted octanol–water partition coefficient (Wildman–Crippen LogP) is 3.19. The van der Waals surface area contributed by atoms with E-state index in [1.165, 1.54) is 24.3 Å². The van der Waals surface area contributed by atoms with Crippen LogP contribution in [0, 0.1) is 0 Å². The van der Waals surface area contributed by atoms with Crippen LogP contribution in [0.3, 0.4) is 0 Å². The van der Waals surface area contributed by atoms with Gasteiger partial charge in [0.1, 0.15) is 18.1 Å². The van der Waals surface area contributed by atoms with Gasteiger partial charge in [0.05, 0.1) is 11.5 Å². The number of ether oxygens (including phenoxy) is 1. The Bertz CT molecular complexity index is 676. The van der Waals surface area contributed by atoms with Crippen molar-refractivity contribution in [2.24, 2.45) is 0 Å². The highest BCUT2D eigenvalue weighted by Gasteiger charge is 2.31. The van der Waals surface area contributed by atoms with E-state index in [0.717, 1.165) is 5.56 Å². The lowest BCUT2D eigenvalue weighted by atomic mass is 9.89. The molecule has 0 spiro atoms. The van der Waals surface area contributed by atoms with Gasteiger partial charge in [-0.2, -0.15) is 0 Å². The first-order valence-corrected chi connectivity index (χ1v) is 7.08. The summed E-state index contributed by atoms with van der Waals surface area (Å²) in [5.74, 6) is -0.966. The van der Waals surface area contributed by atoms with Crippen molar-refractivity contribution >= 4 is 5.78 Å². The van der Waals surface area contributed by atoms with Crippen LogP contribution in [0.5, 0.6) is 23.0 Å². The number of ketones is 1. The van der Waals surface area contributed by atoms with Crippen molar-refractivity contribution in [1.82, 2.24) is 0 Å². The van der Waals surface area contributed by atoms with E-state index in [1.807, 2.05) is 13.8 Å². The number of carbonyl (C=O) groups excluding carboxylic acids is 1. The molecule has 0 saturated carbocycles. The fourth-order valence-corrected chi connectivity index (χ4v) is 2.26. The molecule has 1 aliphatic rings. The van der Waals surface area contributed by atoms with Crippen LogP contribution in [-0.4, -0.2) is 27.7 Å². The van der Waals surface area contributed by atoms with Crippen LogP contribution in [0.15, 0.2) is 36.4 Å². The van der Waals surface area contributed by atoms with E-state index < -0.39 is 5.92 Å². The van der Waals surface area contributed by atoms with Crippen molar-refractivity contribution in [3.8, 4) is 23.0 Å². The molecule has 3 N–H and O–H groups in total. The molecule has 0 radical (unpaired) electrons. The summed E-state index contributed by atoms with van der Waals surface area (Å²) in [7, 11) is 0. The maximum absolute atomic E-state index is 12.4. The highest BCUT2D eigenvalue weighted by atomic mass is 16.5. The molecule has 0 fully saturated rings. The highest BCUT2D eigenvalue weighted by Crippen LogP contribution is 2.39. The van der Waals surface area contributed by atoms with Crippen molar-refractivity contribution in [2.45, 2.75) is 19.8 Å². The lowest BCUT2D eigenvalue weighted by Gasteiger charge is -2.24. The van der Waals surface area contributed by atoms with Crippen LogP contribution in [0.2, 0.25) is 0 Å². The Hall–Kier alpha value is -2.69. The second kappa shape index (κ2) is 6.39. The monoisotopic (exact) mass is 302 g/mol. The van der Waals surface area contributed by atoms with Crippen LogP contribution >= 0.6 is 0 Å². The molecule has 3 rings (SSSR count). The quantitative estimate of drug-likeness (QED) is 0.704. The average molecular weight is 302 g/mol. The van der Waals surface area contributed by atoms with Gasteiger partial charge in [0.2, 0.25) is 0 Å². The maximum Gasteiger partial charge on any atom is 0.177 e. The molecule has 0 amide bonds. The Labute approximate surface area is 128 Å². The summed E-state index contributed by atoms with van der Waals surface area (Å²) >= 11 is 0. The molecule has 1 aliphatic heterocycles. The van der Waals surface area contributed by atoms with E-state index >= 15 is 0 Å². The number of phenolic OH excluding ortho intramolecular Hbond substituents is 3. The Morgan fingerprint density at radius 2 is 1.59 bits per heavy atom. The van der Waals surface area contributed by atoms with E-state index in [1.54, 1.807) is 12.1 Å². The van der Waals surface area contributed by atoms with Crippen molar-refractivity contribution in [3.05, 3.63) is 47.5 Å². The minimum atomic E-state index is -0.493. The standard InChI is InChI=1S/C15H12O5.C2H6/c16-9-3-1-8(2-4-9)11-7-20-14-6-13(18)12(17)5-10(14)15(11)19;1-2/h1-6,11,16-18H,7H2;1-2H3. The first-order valence-electron chi connectivity index (χ1n) is 7.08. The SMILES string of the molecule is CC.O=C1c2cc(O)c(O)cc2OCC1c1ccc(O)cc1. The van der Waals surface area contributed by atoms with Crippen molar-refractivity contribution in [2.75, 3.05) is 6.61 Å². The Morgan fingerprint density at radius 1 is 1.00 bits per heavy atom. The zero-order chi connectivity index (χ0) is 16.3. The second-order valence-electron chi connectivity index (χ2n) is 4.66. The fraction of sp³-hybridized carbons (Fsp3) is 0.235. The molecule has 116 valence electrons. The highest BCUT2D eigenvalue weighted by molar-refractivity contribution is 6.04. The van der Waals surface area contributed by atoms with E-state index in [2.05, 4.69) is 0 Å². The number of carbonyl (C=O) groups is 1. The lowest BCUT2D eigenvalue weighted by Crippen LogP contribution is -2.25. The topological polar surface area (TPSA) is 87.0 Å². The number of benzene rings is 2. The van der Waals surface area contributed by atoms with Gasteiger partial charge in [-0.25, -0.2) is 0 Å². The molecular weight excluding hydrogens is 284 g/mol. The van der Waals surface area contributed by atoms with Crippen molar-refractivity contribution in [3.63, 3.8) is 0 Å². The molecule has 5 heteroatoms. The third kappa shape index (κ3) is 2.83. The Morgan fingerprint density at radius 3 is 2.23 bits per heavy atom. The summed E-state index contributed by atoms with van der Waals surface area (Å²) in [6, 6.07) is 8.77. The molecule has 22 heavy (non-hydrogen) atoms. The lowest BCUT2D eigenvalue weighted by molar-refractivity contribution is 0.0895. The molecule has 0 bridgehead atoms. The molecule has 5 nitrogen and oxygen atoms in total. The first-order chi connectivity index (χ1) is 10.6. The van der Waals surface area contributed by atoms with Crippen LogP contribution in [-0.2, 0) is 0 Å².